The summed E-state index contributed by atoms with van der Waals surface area (Å²) in [5, 5.41) is 14.3. The van der Waals surface area contributed by atoms with Crippen molar-refractivity contribution in [3.8, 4) is 5.75 Å². The van der Waals surface area contributed by atoms with Crippen molar-refractivity contribution in [2.24, 2.45) is 0 Å². The highest BCUT2D eigenvalue weighted by atomic mass is 19.1. The fraction of sp³-hybridized carbons (Fsp3) is 0.125. The van der Waals surface area contributed by atoms with Crippen molar-refractivity contribution < 1.29 is 13.9 Å². The molecule has 7 nitrogen and oxygen atoms in total. The average Bonchev–Trinajstić information content (AvgIpc) is 3.03. The first-order chi connectivity index (χ1) is 11.7. The van der Waals surface area contributed by atoms with E-state index in [-0.39, 0.29) is 24.9 Å². The lowest BCUT2D eigenvalue weighted by atomic mass is 10.3. The van der Waals surface area contributed by atoms with Gasteiger partial charge in [0.15, 0.2) is 6.61 Å². The predicted molar refractivity (Wildman–Crippen MR) is 83.6 cm³/mol. The average molecular weight is 327 g/mol. The maximum Gasteiger partial charge on any atom is 0.248 e. The number of rotatable bonds is 6. The summed E-state index contributed by atoms with van der Waals surface area (Å²) in [6.45, 7) is 0.0549. The Morgan fingerprint density at radius 1 is 1.12 bits per heavy atom. The van der Waals surface area contributed by atoms with Gasteiger partial charge in [-0.2, -0.15) is 4.80 Å². The van der Waals surface area contributed by atoms with Gasteiger partial charge in [0.25, 0.3) is 0 Å². The standard InChI is InChI=1S/C16H14FN5O2/c17-12-6-8-13(9-7-12)18-16(23)10-22-20-15(19-21-22)11-24-14-4-2-1-3-5-14/h1-9H,10-11H2,(H,18,23). The Balaban J connectivity index is 1.51. The highest BCUT2D eigenvalue weighted by Crippen LogP contribution is 2.10. The van der Waals surface area contributed by atoms with Gasteiger partial charge in [0, 0.05) is 5.69 Å². The molecule has 1 amide bonds. The van der Waals surface area contributed by atoms with Gasteiger partial charge in [0.2, 0.25) is 11.7 Å². The first-order valence-corrected chi connectivity index (χ1v) is 7.19. The molecule has 0 fully saturated rings. The number of tetrazole rings is 1. The third-order valence-corrected chi connectivity index (χ3v) is 3.02. The van der Waals surface area contributed by atoms with Gasteiger partial charge in [-0.1, -0.05) is 18.2 Å². The number of hydrogen-bond donors (Lipinski definition) is 1. The second kappa shape index (κ2) is 7.32. The number of halogens is 1. The SMILES string of the molecule is O=C(Cn1nnc(COc2ccccc2)n1)Nc1ccc(F)cc1. The molecule has 1 N–H and O–H groups in total. The third-order valence-electron chi connectivity index (χ3n) is 3.02. The Bertz CT molecular complexity index is 805. The van der Waals surface area contributed by atoms with Crippen LogP contribution < -0.4 is 10.1 Å². The number of para-hydroxylation sites is 1. The number of nitrogens with zero attached hydrogens (tertiary/aromatic N) is 4. The molecule has 0 saturated carbocycles. The molecule has 0 unspecified atom stereocenters. The summed E-state index contributed by atoms with van der Waals surface area (Å²) < 4.78 is 18.3. The van der Waals surface area contributed by atoms with E-state index in [4.69, 9.17) is 4.74 Å². The molecule has 3 aromatic rings. The van der Waals surface area contributed by atoms with Crippen LogP contribution in [0.15, 0.2) is 54.6 Å². The van der Waals surface area contributed by atoms with E-state index in [9.17, 15) is 9.18 Å². The van der Waals surface area contributed by atoms with E-state index in [0.29, 0.717) is 17.3 Å². The number of amides is 1. The van der Waals surface area contributed by atoms with Crippen molar-refractivity contribution in [1.82, 2.24) is 20.2 Å². The van der Waals surface area contributed by atoms with Crippen LogP contribution >= 0.6 is 0 Å². The van der Waals surface area contributed by atoms with E-state index < -0.39 is 0 Å². The van der Waals surface area contributed by atoms with Gasteiger partial charge in [0.05, 0.1) is 0 Å². The zero-order valence-electron chi connectivity index (χ0n) is 12.6. The smallest absolute Gasteiger partial charge is 0.248 e. The minimum Gasteiger partial charge on any atom is -0.485 e. The molecule has 2 aromatic carbocycles. The Labute approximate surface area is 137 Å². The van der Waals surface area contributed by atoms with Crippen LogP contribution in [0.2, 0.25) is 0 Å². The Kier molecular flexibility index (Phi) is 4.76. The van der Waals surface area contributed by atoms with Crippen LogP contribution in [0.3, 0.4) is 0 Å². The van der Waals surface area contributed by atoms with Gasteiger partial charge >= 0.3 is 0 Å². The molecule has 0 spiro atoms. The zero-order valence-corrected chi connectivity index (χ0v) is 12.6. The first kappa shape index (κ1) is 15.6. The molecule has 1 aromatic heterocycles. The summed E-state index contributed by atoms with van der Waals surface area (Å²) in [6.07, 6.45) is 0. The van der Waals surface area contributed by atoms with Crippen molar-refractivity contribution in [1.29, 1.82) is 0 Å². The van der Waals surface area contributed by atoms with E-state index in [1.807, 2.05) is 30.3 Å². The van der Waals surface area contributed by atoms with Crippen LogP contribution in [0.25, 0.3) is 0 Å². The minimum atomic E-state index is -0.367. The molecule has 0 bridgehead atoms. The monoisotopic (exact) mass is 327 g/mol. The number of carbonyl (C=O) groups excluding carboxylic acids is 1. The third kappa shape index (κ3) is 4.35. The van der Waals surface area contributed by atoms with E-state index in [1.165, 1.54) is 29.1 Å². The van der Waals surface area contributed by atoms with Crippen molar-refractivity contribution >= 4 is 11.6 Å². The van der Waals surface area contributed by atoms with Gasteiger partial charge in [-0.25, -0.2) is 4.39 Å². The number of hydrogen-bond acceptors (Lipinski definition) is 5. The van der Waals surface area contributed by atoms with Gasteiger partial charge < -0.3 is 10.1 Å². The van der Waals surface area contributed by atoms with Crippen LogP contribution in [0.4, 0.5) is 10.1 Å². The number of anilines is 1. The Morgan fingerprint density at radius 3 is 2.62 bits per heavy atom. The van der Waals surface area contributed by atoms with Gasteiger partial charge in [-0.3, -0.25) is 4.79 Å². The summed E-state index contributed by atoms with van der Waals surface area (Å²) in [5.74, 6) is 0.361. The molecule has 0 atom stereocenters. The molecular formula is C16H14FN5O2. The molecule has 122 valence electrons. The van der Waals surface area contributed by atoms with Crippen LogP contribution in [0.1, 0.15) is 5.82 Å². The van der Waals surface area contributed by atoms with Crippen LogP contribution in [-0.2, 0) is 17.9 Å². The van der Waals surface area contributed by atoms with Gasteiger partial charge in [0.1, 0.15) is 18.1 Å². The lowest BCUT2D eigenvalue weighted by Crippen LogP contribution is -2.20. The number of ether oxygens (including phenoxy) is 1. The van der Waals surface area contributed by atoms with Crippen LogP contribution in [0, 0.1) is 5.82 Å². The predicted octanol–water partition coefficient (Wildman–Crippen LogP) is 2.03. The highest BCUT2D eigenvalue weighted by Gasteiger charge is 2.08. The quantitative estimate of drug-likeness (QED) is 0.749. The van der Waals surface area contributed by atoms with Crippen molar-refractivity contribution in [2.45, 2.75) is 13.2 Å². The number of carbonyl (C=O) groups is 1. The van der Waals surface area contributed by atoms with Gasteiger partial charge in [-0.15, -0.1) is 10.2 Å². The molecule has 3 rings (SSSR count). The number of nitrogens with one attached hydrogen (secondary N) is 1. The van der Waals surface area contributed by atoms with Crippen molar-refractivity contribution in [2.75, 3.05) is 5.32 Å². The van der Waals surface area contributed by atoms with E-state index >= 15 is 0 Å². The molecule has 1 heterocycles. The van der Waals surface area contributed by atoms with E-state index in [1.54, 1.807) is 0 Å². The normalized spacial score (nSPS) is 10.4. The molecule has 0 aliphatic carbocycles. The van der Waals surface area contributed by atoms with Gasteiger partial charge in [-0.05, 0) is 41.6 Å². The second-order valence-corrected chi connectivity index (χ2v) is 4.89. The Morgan fingerprint density at radius 2 is 1.88 bits per heavy atom. The van der Waals surface area contributed by atoms with Crippen LogP contribution in [0.5, 0.6) is 5.75 Å². The maximum absolute atomic E-state index is 12.8. The summed E-state index contributed by atoms with van der Waals surface area (Å²) in [5.41, 5.74) is 0.495. The second-order valence-electron chi connectivity index (χ2n) is 4.89. The largest absolute Gasteiger partial charge is 0.485 e. The molecule has 0 radical (unpaired) electrons. The number of benzene rings is 2. The lowest BCUT2D eigenvalue weighted by Gasteiger charge is -2.04. The summed E-state index contributed by atoms with van der Waals surface area (Å²) in [4.78, 5) is 13.1. The molecule has 0 aliphatic heterocycles. The van der Waals surface area contributed by atoms with Crippen molar-refractivity contribution in [3.05, 3.63) is 66.2 Å². The summed E-state index contributed by atoms with van der Waals surface area (Å²) in [7, 11) is 0. The van der Waals surface area contributed by atoms with E-state index in [2.05, 4.69) is 20.7 Å². The molecule has 0 saturated heterocycles. The highest BCUT2D eigenvalue weighted by molar-refractivity contribution is 5.90. The molecular weight excluding hydrogens is 313 g/mol. The van der Waals surface area contributed by atoms with Crippen LogP contribution in [-0.4, -0.2) is 26.1 Å². The number of aromatic nitrogens is 4. The lowest BCUT2D eigenvalue weighted by molar-refractivity contribution is -0.117. The fourth-order valence-corrected chi connectivity index (χ4v) is 1.93. The Hall–Kier alpha value is -3.29. The summed E-state index contributed by atoms with van der Waals surface area (Å²) >= 11 is 0. The van der Waals surface area contributed by atoms with Crippen molar-refractivity contribution in [3.63, 3.8) is 0 Å². The molecule has 24 heavy (non-hydrogen) atoms. The maximum atomic E-state index is 12.8. The topological polar surface area (TPSA) is 81.9 Å². The molecule has 8 heteroatoms. The summed E-state index contributed by atoms with van der Waals surface area (Å²) in [6, 6.07) is 14.7. The molecule has 0 aliphatic rings. The fourth-order valence-electron chi connectivity index (χ4n) is 1.93. The zero-order chi connectivity index (χ0) is 16.8. The minimum absolute atomic E-state index is 0.101. The first-order valence-electron chi connectivity index (χ1n) is 7.19. The van der Waals surface area contributed by atoms with E-state index in [0.717, 1.165) is 0 Å².